The van der Waals surface area contributed by atoms with Gasteiger partial charge in [-0.2, -0.15) is 0 Å². The second-order valence-corrected chi connectivity index (χ2v) is 5.43. The molecule has 0 amide bonds. The molecular weight excluding hydrogens is 230 g/mol. The zero-order valence-electron chi connectivity index (χ0n) is 10.9. The zero-order chi connectivity index (χ0) is 12.8. The van der Waals surface area contributed by atoms with Crippen LogP contribution in [0.15, 0.2) is 36.4 Å². The maximum Gasteiger partial charge on any atom is 0.0356 e. The van der Waals surface area contributed by atoms with E-state index in [0.717, 1.165) is 31.4 Å². The summed E-state index contributed by atoms with van der Waals surface area (Å²) >= 11 is 0. The molecule has 0 aliphatic heterocycles. The Labute approximate surface area is 113 Å². The normalized spacial score (nSPS) is 16.9. The van der Waals surface area contributed by atoms with Gasteiger partial charge in [0.1, 0.15) is 0 Å². The third kappa shape index (κ3) is 1.48. The molecule has 0 saturated heterocycles. The van der Waals surface area contributed by atoms with Crippen LogP contribution in [0.5, 0.6) is 0 Å². The summed E-state index contributed by atoms with van der Waals surface area (Å²) in [5, 5.41) is 2.67. The van der Waals surface area contributed by atoms with Crippen molar-refractivity contribution in [2.24, 2.45) is 5.73 Å². The van der Waals surface area contributed by atoms with E-state index in [-0.39, 0.29) is 0 Å². The molecule has 2 aromatic rings. The largest absolute Gasteiger partial charge is 0.398 e. The van der Waals surface area contributed by atoms with Crippen LogP contribution in [0.1, 0.15) is 35.1 Å². The second-order valence-electron chi connectivity index (χ2n) is 5.43. The Balaban J connectivity index is 2.21. The van der Waals surface area contributed by atoms with Gasteiger partial charge < -0.3 is 5.73 Å². The zero-order valence-corrected chi connectivity index (χ0v) is 10.9. The highest BCUT2D eigenvalue weighted by Crippen LogP contribution is 2.39. The van der Waals surface area contributed by atoms with Gasteiger partial charge in [-0.15, -0.1) is 0 Å². The van der Waals surface area contributed by atoms with Gasteiger partial charge in [-0.25, -0.2) is 0 Å². The molecule has 2 N–H and O–H groups in total. The number of nitrogens with two attached hydrogens (primary N) is 1. The lowest BCUT2D eigenvalue weighted by Crippen LogP contribution is -2.12. The summed E-state index contributed by atoms with van der Waals surface area (Å²) < 4.78 is 0. The Hall–Kier alpha value is -2.02. The molecule has 0 bridgehead atoms. The summed E-state index contributed by atoms with van der Waals surface area (Å²) in [5.41, 5.74) is 13.0. The third-order valence-corrected chi connectivity index (χ3v) is 4.37. The van der Waals surface area contributed by atoms with Gasteiger partial charge >= 0.3 is 0 Å². The first-order valence-corrected chi connectivity index (χ1v) is 7.05. The summed E-state index contributed by atoms with van der Waals surface area (Å²) in [7, 11) is 0. The van der Waals surface area contributed by atoms with Crippen LogP contribution in [0.3, 0.4) is 0 Å². The van der Waals surface area contributed by atoms with Crippen LogP contribution in [0, 0.1) is 0 Å². The van der Waals surface area contributed by atoms with Crippen LogP contribution in [0.2, 0.25) is 0 Å². The van der Waals surface area contributed by atoms with Crippen LogP contribution < -0.4 is 5.73 Å². The average Bonchev–Trinajstić information content (AvgIpc) is 2.47. The first-order valence-electron chi connectivity index (χ1n) is 7.05. The smallest absolute Gasteiger partial charge is 0.0356 e. The highest BCUT2D eigenvalue weighted by atomic mass is 14.6. The number of hydrogen-bond donors (Lipinski definition) is 1. The van der Waals surface area contributed by atoms with Crippen molar-refractivity contribution in [2.45, 2.75) is 25.7 Å². The van der Waals surface area contributed by atoms with Gasteiger partial charge in [-0.3, -0.25) is 0 Å². The van der Waals surface area contributed by atoms with E-state index in [4.69, 9.17) is 5.73 Å². The van der Waals surface area contributed by atoms with Gasteiger partial charge in [0.25, 0.3) is 0 Å². The Morgan fingerprint density at radius 3 is 2.58 bits per heavy atom. The minimum Gasteiger partial charge on any atom is -0.398 e. The predicted octanol–water partition coefficient (Wildman–Crippen LogP) is 4.05. The maximum absolute atomic E-state index is 6.29. The predicted molar refractivity (Wildman–Crippen MR) is 81.8 cm³/mol. The molecule has 0 spiro atoms. The van der Waals surface area contributed by atoms with E-state index >= 15 is 0 Å². The van der Waals surface area contributed by atoms with Gasteiger partial charge in [-0.1, -0.05) is 42.5 Å². The molecule has 2 aromatic carbocycles. The molecule has 1 heteroatoms. The van der Waals surface area contributed by atoms with Crippen molar-refractivity contribution < 1.29 is 0 Å². The molecule has 2 aliphatic rings. The lowest BCUT2D eigenvalue weighted by atomic mass is 9.80. The number of hydrogen-bond acceptors (Lipinski definition) is 1. The van der Waals surface area contributed by atoms with Crippen molar-refractivity contribution in [3.8, 4) is 0 Å². The molecule has 0 heterocycles. The molecule has 0 atom stereocenters. The lowest BCUT2D eigenvalue weighted by molar-refractivity contribution is 0.905. The van der Waals surface area contributed by atoms with Crippen LogP contribution in [0.4, 0.5) is 0 Å². The van der Waals surface area contributed by atoms with E-state index in [2.05, 4.69) is 42.5 Å². The monoisotopic (exact) mass is 247 g/mol. The molecule has 19 heavy (non-hydrogen) atoms. The minimum absolute atomic E-state index is 0.967. The summed E-state index contributed by atoms with van der Waals surface area (Å²) in [6, 6.07) is 8.68. The van der Waals surface area contributed by atoms with Crippen LogP contribution in [0.25, 0.3) is 22.5 Å². The van der Waals surface area contributed by atoms with Crippen molar-refractivity contribution in [3.05, 3.63) is 58.7 Å². The Bertz CT molecular complexity index is 735. The maximum atomic E-state index is 6.29. The SMILES string of the molecule is NC1=CCCc2c3c(c4ccccc4c21)C=CCC3. The van der Waals surface area contributed by atoms with Crippen LogP contribution in [-0.4, -0.2) is 0 Å². The van der Waals surface area contributed by atoms with Crippen molar-refractivity contribution in [2.75, 3.05) is 0 Å². The molecule has 0 unspecified atom stereocenters. The Morgan fingerprint density at radius 1 is 0.895 bits per heavy atom. The van der Waals surface area contributed by atoms with Gasteiger partial charge in [-0.05, 0) is 53.1 Å². The molecular formula is C18H17N. The molecule has 0 fully saturated rings. The summed E-state index contributed by atoms with van der Waals surface area (Å²) in [5.74, 6) is 0. The van der Waals surface area contributed by atoms with E-state index in [1.54, 1.807) is 0 Å². The fourth-order valence-electron chi connectivity index (χ4n) is 3.56. The van der Waals surface area contributed by atoms with Gasteiger partial charge in [0, 0.05) is 11.3 Å². The number of rotatable bonds is 0. The number of fused-ring (bicyclic) bond motifs is 6. The summed E-state index contributed by atoms with van der Waals surface area (Å²) in [4.78, 5) is 0. The molecule has 4 rings (SSSR count). The first-order chi connectivity index (χ1) is 9.36. The van der Waals surface area contributed by atoms with E-state index in [9.17, 15) is 0 Å². The quantitative estimate of drug-likeness (QED) is 0.747. The van der Waals surface area contributed by atoms with Crippen molar-refractivity contribution in [1.29, 1.82) is 0 Å². The Morgan fingerprint density at radius 2 is 1.68 bits per heavy atom. The second kappa shape index (κ2) is 3.99. The van der Waals surface area contributed by atoms with Crippen LogP contribution >= 0.6 is 0 Å². The van der Waals surface area contributed by atoms with E-state index in [0.29, 0.717) is 0 Å². The van der Waals surface area contributed by atoms with Gasteiger partial charge in [0.2, 0.25) is 0 Å². The van der Waals surface area contributed by atoms with Crippen molar-refractivity contribution >= 4 is 22.5 Å². The molecule has 0 radical (unpaired) electrons. The van der Waals surface area contributed by atoms with E-state index in [1.165, 1.54) is 33.0 Å². The molecule has 0 aromatic heterocycles. The lowest BCUT2D eigenvalue weighted by Gasteiger charge is -2.25. The Kier molecular flexibility index (Phi) is 2.28. The number of allylic oxidation sites excluding steroid dienone is 2. The molecule has 2 aliphatic carbocycles. The fourth-order valence-corrected chi connectivity index (χ4v) is 3.56. The molecule has 1 nitrogen and oxygen atoms in total. The van der Waals surface area contributed by atoms with Gasteiger partial charge in [0.15, 0.2) is 0 Å². The molecule has 94 valence electrons. The van der Waals surface area contributed by atoms with Crippen molar-refractivity contribution in [3.63, 3.8) is 0 Å². The first kappa shape index (κ1) is 10.9. The standard InChI is InChI=1S/C18H17N/c19-17-11-5-10-16-14-7-2-1-6-12(14)13-8-3-4-9-15(13)18(16)17/h1,3-4,6,8-9,11H,2,5,7,10,19H2. The highest BCUT2D eigenvalue weighted by Gasteiger charge is 2.21. The third-order valence-electron chi connectivity index (χ3n) is 4.37. The van der Waals surface area contributed by atoms with Crippen molar-refractivity contribution in [1.82, 2.24) is 0 Å². The minimum atomic E-state index is 0.967. The fraction of sp³-hybridized carbons (Fsp3) is 0.222. The summed E-state index contributed by atoms with van der Waals surface area (Å²) in [6.07, 6.45) is 11.3. The number of benzene rings is 2. The highest BCUT2D eigenvalue weighted by molar-refractivity contribution is 6.01. The topological polar surface area (TPSA) is 26.0 Å². The molecule has 0 saturated carbocycles. The van der Waals surface area contributed by atoms with Crippen LogP contribution in [-0.2, 0) is 12.8 Å². The van der Waals surface area contributed by atoms with E-state index < -0.39 is 0 Å². The van der Waals surface area contributed by atoms with Gasteiger partial charge in [0.05, 0.1) is 0 Å². The summed E-state index contributed by atoms with van der Waals surface area (Å²) in [6.45, 7) is 0. The average molecular weight is 247 g/mol. The van der Waals surface area contributed by atoms with E-state index in [1.807, 2.05) is 0 Å².